The fourth-order valence-electron chi connectivity index (χ4n) is 7.62. The van der Waals surface area contributed by atoms with Crippen LogP contribution < -0.4 is 5.32 Å². The SMILES string of the molecule is CN1CCN(C(=O)c2ccc3c(c2)CCc2cc(F)ccc2C3(CCNCC(=O)N2[C@H](C#N)C[C@@H]3C[C@@H]32)c2nnn[nH]2)CC1. The highest BCUT2D eigenvalue weighted by Crippen LogP contribution is 2.48. The number of carbonyl (C=O) groups is 2. The molecule has 2 aliphatic carbocycles. The van der Waals surface area contributed by atoms with Crippen molar-refractivity contribution in [1.82, 2.24) is 40.6 Å². The van der Waals surface area contributed by atoms with Crippen molar-refractivity contribution in [2.45, 2.75) is 49.6 Å². The maximum Gasteiger partial charge on any atom is 0.253 e. The Balaban J connectivity index is 1.21. The molecule has 2 N–H and O–H groups in total. The van der Waals surface area contributed by atoms with Crippen LogP contribution in [0, 0.1) is 23.1 Å². The molecule has 2 saturated heterocycles. The topological polar surface area (TPSA) is 134 Å². The van der Waals surface area contributed by atoms with Crippen LogP contribution in [0.4, 0.5) is 4.39 Å². The summed E-state index contributed by atoms with van der Waals surface area (Å²) in [7, 11) is 2.06. The minimum atomic E-state index is -0.881. The number of fused-ring (bicyclic) bond motifs is 3. The number of halogens is 1. The smallest absolute Gasteiger partial charge is 0.253 e. The van der Waals surface area contributed by atoms with Crippen molar-refractivity contribution in [3.05, 3.63) is 75.9 Å². The lowest BCUT2D eigenvalue weighted by Crippen LogP contribution is -2.47. The summed E-state index contributed by atoms with van der Waals surface area (Å²) in [6.07, 6.45) is 3.43. The Morgan fingerprint density at radius 3 is 2.57 bits per heavy atom. The maximum absolute atomic E-state index is 14.6. The van der Waals surface area contributed by atoms with E-state index in [-0.39, 0.29) is 36.3 Å². The van der Waals surface area contributed by atoms with Gasteiger partial charge in [-0.05, 0) is 109 Å². The van der Waals surface area contributed by atoms with Gasteiger partial charge >= 0.3 is 0 Å². The number of H-pyrrole nitrogens is 1. The number of hydrogen-bond donors (Lipinski definition) is 2. The van der Waals surface area contributed by atoms with Gasteiger partial charge in [0.05, 0.1) is 18.0 Å². The molecule has 3 fully saturated rings. The van der Waals surface area contributed by atoms with Gasteiger partial charge in [0.2, 0.25) is 5.91 Å². The molecule has 0 bridgehead atoms. The van der Waals surface area contributed by atoms with E-state index >= 15 is 0 Å². The standard InChI is InChI=1S/C32H36FN9O2/c1-40-10-12-41(13-11-40)30(44)22-4-6-26-20(14-22)2-3-21-15-24(33)5-7-27(21)32(26,31-36-38-39-37-31)8-9-35-19-29(43)42-25(18-34)16-23-17-28(23)42/h4-7,14-15,23,25,28,35H,2-3,8-13,16-17,19H2,1H3,(H,36,37,38,39)/t23-,25+,28+,32?/m1/s1. The number of hydrogen-bond acceptors (Lipinski definition) is 8. The fourth-order valence-corrected chi connectivity index (χ4v) is 7.62. The zero-order chi connectivity index (χ0) is 30.4. The molecular formula is C32H36FN9O2. The Morgan fingerprint density at radius 2 is 1.84 bits per heavy atom. The summed E-state index contributed by atoms with van der Waals surface area (Å²) >= 11 is 0. The predicted octanol–water partition coefficient (Wildman–Crippen LogP) is 1.65. The zero-order valence-electron chi connectivity index (χ0n) is 24.8. The summed E-state index contributed by atoms with van der Waals surface area (Å²) in [5, 5.41) is 28.1. The van der Waals surface area contributed by atoms with E-state index in [1.165, 1.54) is 6.07 Å². The minimum absolute atomic E-state index is 0.0105. The van der Waals surface area contributed by atoms with Crippen LogP contribution >= 0.6 is 0 Å². The van der Waals surface area contributed by atoms with Crippen molar-refractivity contribution in [3.8, 4) is 6.07 Å². The summed E-state index contributed by atoms with van der Waals surface area (Å²) in [6.45, 7) is 3.60. The third-order valence-electron chi connectivity index (χ3n) is 10.0. The molecule has 2 aromatic carbocycles. The summed E-state index contributed by atoms with van der Waals surface area (Å²) in [4.78, 5) is 32.6. The first-order valence-corrected chi connectivity index (χ1v) is 15.4. The third kappa shape index (κ3) is 4.94. The normalized spacial score (nSPS) is 25.9. The molecular weight excluding hydrogens is 561 g/mol. The van der Waals surface area contributed by atoms with Crippen LogP contribution in [-0.2, 0) is 23.1 Å². The first-order valence-electron chi connectivity index (χ1n) is 15.4. The monoisotopic (exact) mass is 597 g/mol. The van der Waals surface area contributed by atoms with E-state index in [1.54, 1.807) is 11.0 Å². The number of tetrazole rings is 1. The van der Waals surface area contributed by atoms with Crippen LogP contribution in [0.5, 0.6) is 0 Å². The summed E-state index contributed by atoms with van der Waals surface area (Å²) in [5.41, 5.74) is 3.45. The van der Waals surface area contributed by atoms with Crippen molar-refractivity contribution in [2.24, 2.45) is 5.92 Å². The number of rotatable bonds is 7. The van der Waals surface area contributed by atoms with Crippen LogP contribution in [0.2, 0.25) is 0 Å². The minimum Gasteiger partial charge on any atom is -0.336 e. The fraction of sp³-hybridized carbons (Fsp3) is 0.500. The van der Waals surface area contributed by atoms with Crippen molar-refractivity contribution in [3.63, 3.8) is 0 Å². The lowest BCUT2D eigenvalue weighted by Gasteiger charge is -2.35. The number of aromatic nitrogens is 4. The predicted molar refractivity (Wildman–Crippen MR) is 158 cm³/mol. The van der Waals surface area contributed by atoms with Gasteiger partial charge in [0.1, 0.15) is 11.9 Å². The number of piperazine rings is 1. The number of likely N-dealkylation sites (tertiary alicyclic amines) is 1. The van der Waals surface area contributed by atoms with Crippen LogP contribution in [0.25, 0.3) is 0 Å². The largest absolute Gasteiger partial charge is 0.336 e. The Morgan fingerprint density at radius 1 is 1.09 bits per heavy atom. The highest BCUT2D eigenvalue weighted by molar-refractivity contribution is 5.94. The van der Waals surface area contributed by atoms with Crippen molar-refractivity contribution in [2.75, 3.05) is 46.3 Å². The molecule has 3 heterocycles. The number of piperidine rings is 1. The number of nitriles is 1. The highest BCUT2D eigenvalue weighted by Gasteiger charge is 2.54. The number of likely N-dealkylation sites (N-methyl/N-ethyl adjacent to an activating group) is 1. The highest BCUT2D eigenvalue weighted by atomic mass is 19.1. The van der Waals surface area contributed by atoms with Crippen LogP contribution in [-0.4, -0.2) is 106 Å². The summed E-state index contributed by atoms with van der Waals surface area (Å²) < 4.78 is 14.6. The van der Waals surface area contributed by atoms with Gasteiger partial charge in [-0.3, -0.25) is 9.59 Å². The van der Waals surface area contributed by atoms with Gasteiger partial charge in [0.15, 0.2) is 5.82 Å². The molecule has 1 aromatic heterocycles. The van der Waals surface area contributed by atoms with Crippen molar-refractivity contribution in [1.29, 1.82) is 5.26 Å². The number of nitrogens with zero attached hydrogens (tertiary/aromatic N) is 7. The molecule has 228 valence electrons. The van der Waals surface area contributed by atoms with Gasteiger partial charge in [-0.1, -0.05) is 12.1 Å². The second kappa shape index (κ2) is 11.4. The number of carbonyl (C=O) groups excluding carboxylic acids is 2. The molecule has 1 unspecified atom stereocenters. The molecule has 1 saturated carbocycles. The van der Waals surface area contributed by atoms with Gasteiger partial charge in [-0.2, -0.15) is 5.26 Å². The molecule has 44 heavy (non-hydrogen) atoms. The molecule has 4 atom stereocenters. The number of aryl methyl sites for hydroxylation is 2. The van der Waals surface area contributed by atoms with Crippen molar-refractivity contribution >= 4 is 11.8 Å². The van der Waals surface area contributed by atoms with Gasteiger partial charge in [-0.15, -0.1) is 5.10 Å². The average molecular weight is 598 g/mol. The number of amides is 2. The van der Waals surface area contributed by atoms with Crippen LogP contribution in [0.15, 0.2) is 36.4 Å². The lowest BCUT2D eigenvalue weighted by atomic mass is 9.69. The number of benzene rings is 2. The number of nitrogens with one attached hydrogen (secondary N) is 2. The average Bonchev–Trinajstić information content (AvgIpc) is 3.42. The number of aromatic amines is 1. The maximum atomic E-state index is 14.6. The van der Waals surface area contributed by atoms with Crippen LogP contribution in [0.1, 0.15) is 57.7 Å². The Labute approximate surface area is 255 Å². The molecule has 3 aromatic rings. The summed E-state index contributed by atoms with van der Waals surface area (Å²) in [6, 6.07) is 12.8. The van der Waals surface area contributed by atoms with E-state index in [0.29, 0.717) is 56.2 Å². The molecule has 12 heteroatoms. The lowest BCUT2D eigenvalue weighted by molar-refractivity contribution is -0.131. The third-order valence-corrected chi connectivity index (χ3v) is 10.0. The Kier molecular flexibility index (Phi) is 7.38. The van der Waals surface area contributed by atoms with Gasteiger partial charge < -0.3 is 20.0 Å². The second-order valence-corrected chi connectivity index (χ2v) is 12.6. The molecule has 11 nitrogen and oxygen atoms in total. The van der Waals surface area contributed by atoms with E-state index < -0.39 is 5.41 Å². The van der Waals surface area contributed by atoms with Gasteiger partial charge in [-0.25, -0.2) is 9.49 Å². The molecule has 0 spiro atoms. The van der Waals surface area contributed by atoms with Crippen molar-refractivity contribution < 1.29 is 14.0 Å². The molecule has 2 aliphatic heterocycles. The first kappa shape index (κ1) is 28.6. The van der Waals surface area contributed by atoms with E-state index in [0.717, 1.165) is 48.2 Å². The molecule has 0 radical (unpaired) electrons. The van der Waals surface area contributed by atoms with E-state index in [9.17, 15) is 19.2 Å². The van der Waals surface area contributed by atoms with E-state index in [1.807, 2.05) is 29.2 Å². The van der Waals surface area contributed by atoms with E-state index in [4.69, 9.17) is 0 Å². The zero-order valence-corrected chi connectivity index (χ0v) is 24.8. The Hall–Kier alpha value is -4.21. The quantitative estimate of drug-likeness (QED) is 0.393. The second-order valence-electron chi connectivity index (χ2n) is 12.6. The van der Waals surface area contributed by atoms with Crippen LogP contribution in [0.3, 0.4) is 0 Å². The van der Waals surface area contributed by atoms with E-state index in [2.05, 4.69) is 44.0 Å². The Bertz CT molecular complexity index is 1610. The molecule has 4 aliphatic rings. The first-order chi connectivity index (χ1) is 21.4. The molecule has 7 rings (SSSR count). The summed E-state index contributed by atoms with van der Waals surface area (Å²) in [5.74, 6) is 0.608. The van der Waals surface area contributed by atoms with Gasteiger partial charge in [0.25, 0.3) is 5.91 Å². The molecule has 2 amide bonds. The van der Waals surface area contributed by atoms with Gasteiger partial charge in [0, 0.05) is 37.8 Å².